The Balaban J connectivity index is 0.00000261. The number of nitrogens with one attached hydrogen (secondary N) is 1. The van der Waals surface area contributed by atoms with Crippen LogP contribution in [0.3, 0.4) is 0 Å². The van der Waals surface area contributed by atoms with Crippen molar-refractivity contribution >= 4 is 29.9 Å². The Kier molecular flexibility index (Phi) is 6.75. The molecule has 0 spiro atoms. The molecule has 27 heavy (non-hydrogen) atoms. The number of likely N-dealkylation sites (N-methyl/N-ethyl adjacent to an activating group) is 1. The molecule has 0 saturated carbocycles. The smallest absolute Gasteiger partial charge is 0.395 e. The molecule has 1 N–H and O–H groups in total. The Labute approximate surface area is 161 Å². The summed E-state index contributed by atoms with van der Waals surface area (Å²) in [6.07, 6.45) is 0. The first kappa shape index (κ1) is 20.7. The van der Waals surface area contributed by atoms with Crippen molar-refractivity contribution in [2.24, 2.45) is 0 Å². The molecule has 1 aliphatic heterocycles. The van der Waals surface area contributed by atoms with Crippen LogP contribution in [0.4, 0.5) is 16.0 Å². The van der Waals surface area contributed by atoms with Crippen LogP contribution >= 0.6 is 12.4 Å². The van der Waals surface area contributed by atoms with E-state index in [4.69, 9.17) is 4.42 Å². The highest BCUT2D eigenvalue weighted by atomic mass is 35.5. The molecule has 1 saturated heterocycles. The fraction of sp³-hybridized carbons (Fsp3) is 0.353. The zero-order chi connectivity index (χ0) is 18.7. The Morgan fingerprint density at radius 1 is 1.26 bits per heavy atom. The van der Waals surface area contributed by atoms with Crippen molar-refractivity contribution in [3.63, 3.8) is 0 Å². The lowest BCUT2D eigenvalue weighted by atomic mass is 10.1. The lowest BCUT2D eigenvalue weighted by Crippen LogP contribution is -2.44. The van der Waals surface area contributed by atoms with Crippen LogP contribution < -0.4 is 10.2 Å². The molecule has 8 nitrogen and oxygen atoms in total. The summed E-state index contributed by atoms with van der Waals surface area (Å²) in [5, 5.41) is 13.1. The van der Waals surface area contributed by atoms with Crippen LogP contribution in [0.25, 0.3) is 0 Å². The summed E-state index contributed by atoms with van der Waals surface area (Å²) in [6.45, 7) is 3.38. The first-order valence-electron chi connectivity index (χ1n) is 8.18. The normalized spacial score (nSPS) is 14.5. The molecular weight excluding hydrogens is 379 g/mol. The SMILES string of the molecule is CN1CCN(c2ccc(CNC(=O)c3ccc([N+](=O)[O-])o3)cc2F)CC1.Cl. The molecule has 1 aromatic carbocycles. The van der Waals surface area contributed by atoms with Gasteiger partial charge in [0.1, 0.15) is 10.7 Å². The van der Waals surface area contributed by atoms with Crippen molar-refractivity contribution in [2.75, 3.05) is 38.1 Å². The van der Waals surface area contributed by atoms with Crippen LogP contribution in [0, 0.1) is 15.9 Å². The number of carbonyl (C=O) groups excluding carboxylic acids is 1. The first-order chi connectivity index (χ1) is 12.4. The highest BCUT2D eigenvalue weighted by molar-refractivity contribution is 5.91. The number of anilines is 1. The fourth-order valence-corrected chi connectivity index (χ4v) is 2.78. The molecule has 1 amide bonds. The largest absolute Gasteiger partial charge is 0.433 e. The number of piperazine rings is 1. The number of hydrogen-bond donors (Lipinski definition) is 1. The molecule has 1 aromatic heterocycles. The van der Waals surface area contributed by atoms with Crippen molar-refractivity contribution in [3.05, 3.63) is 57.6 Å². The van der Waals surface area contributed by atoms with Gasteiger partial charge in [0.15, 0.2) is 5.76 Å². The summed E-state index contributed by atoms with van der Waals surface area (Å²) in [4.78, 5) is 26.0. The summed E-state index contributed by atoms with van der Waals surface area (Å²) in [5.41, 5.74) is 1.14. The number of amides is 1. The third kappa shape index (κ3) is 4.95. The van der Waals surface area contributed by atoms with Gasteiger partial charge in [-0.2, -0.15) is 0 Å². The Bertz CT molecular complexity index is 821. The number of furan rings is 1. The van der Waals surface area contributed by atoms with Crippen LogP contribution in [0.2, 0.25) is 0 Å². The summed E-state index contributed by atoms with van der Waals surface area (Å²) in [5.74, 6) is -1.60. The topological polar surface area (TPSA) is 91.9 Å². The van der Waals surface area contributed by atoms with Gasteiger partial charge < -0.3 is 19.5 Å². The van der Waals surface area contributed by atoms with Crippen molar-refractivity contribution < 1.29 is 18.5 Å². The van der Waals surface area contributed by atoms with Crippen molar-refractivity contribution in [2.45, 2.75) is 6.54 Å². The van der Waals surface area contributed by atoms with Gasteiger partial charge in [0.25, 0.3) is 5.91 Å². The number of hydrogen-bond acceptors (Lipinski definition) is 6. The molecule has 0 unspecified atom stereocenters. The van der Waals surface area contributed by atoms with E-state index in [0.717, 1.165) is 32.2 Å². The number of rotatable bonds is 5. The first-order valence-corrected chi connectivity index (χ1v) is 8.18. The number of carbonyl (C=O) groups is 1. The van der Waals surface area contributed by atoms with Gasteiger partial charge in [-0.25, -0.2) is 4.39 Å². The molecule has 0 aliphatic carbocycles. The highest BCUT2D eigenvalue weighted by Gasteiger charge is 2.19. The lowest BCUT2D eigenvalue weighted by molar-refractivity contribution is -0.402. The second kappa shape index (κ2) is 8.83. The van der Waals surface area contributed by atoms with Crippen LogP contribution in [0.5, 0.6) is 0 Å². The van der Waals surface area contributed by atoms with E-state index >= 15 is 0 Å². The molecule has 146 valence electrons. The van der Waals surface area contributed by atoms with Crippen LogP contribution in [-0.2, 0) is 6.54 Å². The molecular formula is C17H20ClFN4O4. The molecule has 0 atom stereocenters. The highest BCUT2D eigenvalue weighted by Crippen LogP contribution is 2.22. The average Bonchev–Trinajstić information content (AvgIpc) is 3.11. The van der Waals surface area contributed by atoms with E-state index in [0.29, 0.717) is 11.3 Å². The minimum Gasteiger partial charge on any atom is -0.395 e. The third-order valence-corrected chi connectivity index (χ3v) is 4.30. The van der Waals surface area contributed by atoms with E-state index in [-0.39, 0.29) is 30.5 Å². The molecule has 2 aromatic rings. The minimum absolute atomic E-state index is 0. The number of nitrogens with zero attached hydrogens (tertiary/aromatic N) is 3. The van der Waals surface area contributed by atoms with Gasteiger partial charge in [0.2, 0.25) is 0 Å². The lowest BCUT2D eigenvalue weighted by Gasteiger charge is -2.34. The Morgan fingerprint density at radius 2 is 1.96 bits per heavy atom. The van der Waals surface area contributed by atoms with Crippen molar-refractivity contribution in [1.82, 2.24) is 10.2 Å². The second-order valence-corrected chi connectivity index (χ2v) is 6.15. The molecule has 2 heterocycles. The van der Waals surface area contributed by atoms with Gasteiger partial charge in [-0.05, 0) is 30.8 Å². The van der Waals surface area contributed by atoms with Crippen LogP contribution in [0.15, 0.2) is 34.7 Å². The van der Waals surface area contributed by atoms with Gasteiger partial charge in [-0.15, -0.1) is 12.4 Å². The summed E-state index contributed by atoms with van der Waals surface area (Å²) in [6, 6.07) is 7.18. The summed E-state index contributed by atoms with van der Waals surface area (Å²) >= 11 is 0. The maximum atomic E-state index is 14.4. The standard InChI is InChI=1S/C17H19FN4O4.ClH/c1-20-6-8-21(9-7-20)14-3-2-12(10-13(14)18)11-19-17(23)15-4-5-16(26-15)22(24)25;/h2-5,10H,6-9,11H2,1H3,(H,19,23);1H. The van der Waals surface area contributed by atoms with Crippen LogP contribution in [0.1, 0.15) is 16.1 Å². The quantitative estimate of drug-likeness (QED) is 0.614. The Hall–Kier alpha value is -2.65. The number of halogens is 2. The van der Waals surface area contributed by atoms with Crippen molar-refractivity contribution in [1.29, 1.82) is 0 Å². The molecule has 3 rings (SSSR count). The van der Waals surface area contributed by atoms with E-state index < -0.39 is 16.7 Å². The zero-order valence-electron chi connectivity index (χ0n) is 14.7. The van der Waals surface area contributed by atoms with Gasteiger partial charge in [0.05, 0.1) is 11.8 Å². The van der Waals surface area contributed by atoms with Gasteiger partial charge >= 0.3 is 5.88 Å². The third-order valence-electron chi connectivity index (χ3n) is 4.30. The number of benzene rings is 1. The maximum absolute atomic E-state index is 14.4. The average molecular weight is 399 g/mol. The van der Waals surface area contributed by atoms with E-state index in [2.05, 4.69) is 10.2 Å². The van der Waals surface area contributed by atoms with Gasteiger partial charge in [-0.1, -0.05) is 6.07 Å². The van der Waals surface area contributed by atoms with E-state index in [1.54, 1.807) is 12.1 Å². The zero-order valence-corrected chi connectivity index (χ0v) is 15.5. The predicted octanol–water partition coefficient (Wildman–Crippen LogP) is 2.43. The molecule has 1 fully saturated rings. The maximum Gasteiger partial charge on any atom is 0.433 e. The van der Waals surface area contributed by atoms with E-state index in [1.165, 1.54) is 12.1 Å². The molecule has 10 heteroatoms. The molecule has 0 bridgehead atoms. The monoisotopic (exact) mass is 398 g/mol. The summed E-state index contributed by atoms with van der Waals surface area (Å²) < 4.78 is 19.2. The van der Waals surface area contributed by atoms with E-state index in [1.807, 2.05) is 11.9 Å². The van der Waals surface area contributed by atoms with E-state index in [9.17, 15) is 19.3 Å². The number of nitro groups is 1. The van der Waals surface area contributed by atoms with Crippen molar-refractivity contribution in [3.8, 4) is 0 Å². The molecule has 0 radical (unpaired) electrons. The van der Waals surface area contributed by atoms with Crippen LogP contribution in [-0.4, -0.2) is 49.0 Å². The second-order valence-electron chi connectivity index (χ2n) is 6.15. The summed E-state index contributed by atoms with van der Waals surface area (Å²) in [7, 11) is 2.03. The Morgan fingerprint density at radius 3 is 2.56 bits per heavy atom. The molecule has 1 aliphatic rings. The predicted molar refractivity (Wildman–Crippen MR) is 99.9 cm³/mol. The van der Waals surface area contributed by atoms with Gasteiger partial charge in [0, 0.05) is 32.7 Å². The fourth-order valence-electron chi connectivity index (χ4n) is 2.78. The van der Waals surface area contributed by atoms with Gasteiger partial charge in [-0.3, -0.25) is 14.9 Å². The minimum atomic E-state index is -0.719.